The number of amides is 1. The number of carbonyl (C=O) groups excluding carboxylic acids is 1. The van der Waals surface area contributed by atoms with E-state index in [1.54, 1.807) is 13.3 Å². The number of ether oxygens (including phenoxy) is 1. The molecule has 28 heavy (non-hydrogen) atoms. The lowest BCUT2D eigenvalue weighted by atomic mass is 9.91. The average molecular weight is 401 g/mol. The number of nitrogens with one attached hydrogen (secondary N) is 3. The summed E-state index contributed by atoms with van der Waals surface area (Å²) in [5, 5.41) is 2.68. The van der Waals surface area contributed by atoms with Gasteiger partial charge in [-0.3, -0.25) is 9.52 Å². The number of hydrogen-bond acceptors (Lipinski definition) is 6. The Labute approximate surface area is 165 Å². The van der Waals surface area contributed by atoms with Crippen LogP contribution in [0.4, 0.5) is 0 Å². The van der Waals surface area contributed by atoms with Gasteiger partial charge >= 0.3 is 0 Å². The summed E-state index contributed by atoms with van der Waals surface area (Å²) in [5.74, 6) is 0.148. The topological polar surface area (TPSA) is 104 Å². The number of aryl methyl sites for hydroxylation is 1. The quantitative estimate of drug-likeness (QED) is 0.686. The van der Waals surface area contributed by atoms with Gasteiger partial charge in [0.05, 0.1) is 18.8 Å². The van der Waals surface area contributed by atoms with Crippen molar-refractivity contribution in [3.63, 3.8) is 0 Å². The summed E-state index contributed by atoms with van der Waals surface area (Å²) < 4.78 is 28.3. The monoisotopic (exact) mass is 400 g/mol. The summed E-state index contributed by atoms with van der Waals surface area (Å²) in [5.41, 5.74) is 5.30. The fourth-order valence-electron chi connectivity index (χ4n) is 3.85. The number of benzene rings is 1. The van der Waals surface area contributed by atoms with Crippen molar-refractivity contribution >= 4 is 15.8 Å². The van der Waals surface area contributed by atoms with Gasteiger partial charge in [0.2, 0.25) is 11.8 Å². The van der Waals surface area contributed by atoms with Gasteiger partial charge in [-0.2, -0.15) is 0 Å². The zero-order valence-electron chi connectivity index (χ0n) is 15.8. The lowest BCUT2D eigenvalue weighted by Gasteiger charge is -2.29. The minimum atomic E-state index is -3.14. The molecular weight excluding hydrogens is 376 g/mol. The number of methoxy groups -OCH3 is 1. The van der Waals surface area contributed by atoms with Crippen molar-refractivity contribution in [2.24, 2.45) is 0 Å². The van der Waals surface area contributed by atoms with Gasteiger partial charge < -0.3 is 10.1 Å². The zero-order valence-corrected chi connectivity index (χ0v) is 16.6. The molecule has 4 rings (SSSR count). The smallest absolute Gasteiger partial charge is 0.236 e. The van der Waals surface area contributed by atoms with Gasteiger partial charge in [-0.25, -0.2) is 14.0 Å². The summed E-state index contributed by atoms with van der Waals surface area (Å²) in [6.07, 6.45) is 4.80. The first-order chi connectivity index (χ1) is 13.5. The lowest BCUT2D eigenvalue weighted by Crippen LogP contribution is -2.55. The van der Waals surface area contributed by atoms with Crippen molar-refractivity contribution < 1.29 is 13.7 Å². The van der Waals surface area contributed by atoms with Crippen molar-refractivity contribution in [2.45, 2.75) is 30.9 Å². The van der Waals surface area contributed by atoms with E-state index in [1.807, 2.05) is 18.2 Å². The molecule has 2 heterocycles. The Kier molecular flexibility index (Phi) is 5.07. The number of rotatable bonds is 6. The normalized spacial score (nSPS) is 18.0. The highest BCUT2D eigenvalue weighted by Gasteiger charge is 2.30. The van der Waals surface area contributed by atoms with E-state index in [4.69, 9.17) is 9.52 Å². The number of nitrogens with zero attached hydrogens (tertiary/aromatic N) is 1. The van der Waals surface area contributed by atoms with E-state index >= 15 is 0 Å². The number of aromatic nitrogens is 1. The zero-order chi connectivity index (χ0) is 19.7. The molecule has 0 spiro atoms. The summed E-state index contributed by atoms with van der Waals surface area (Å²) in [7, 11) is -1.56. The number of carbonyl (C=O) groups is 1. The lowest BCUT2D eigenvalue weighted by molar-refractivity contribution is -0.118. The van der Waals surface area contributed by atoms with E-state index in [0.29, 0.717) is 19.0 Å². The molecule has 1 aliphatic carbocycles. The fourth-order valence-corrected chi connectivity index (χ4v) is 5.13. The largest absolute Gasteiger partial charge is 0.481 e. The summed E-state index contributed by atoms with van der Waals surface area (Å²) in [6, 6.07) is 7.91. The minimum absolute atomic E-state index is 0.110. The summed E-state index contributed by atoms with van der Waals surface area (Å²) in [6.45, 7) is 1.01. The predicted octanol–water partition coefficient (Wildman–Crippen LogP) is 1.84. The number of hydrogen-bond donors (Lipinski definition) is 3. The SMILES string of the molecule is COc1cc(-c2ccc3c(c2CC(=O)NS(=N)(=O)C2CNC2)CCC3)ccn1. The molecule has 3 N–H and O–H groups in total. The second kappa shape index (κ2) is 7.52. The van der Waals surface area contributed by atoms with Crippen LogP contribution in [0.3, 0.4) is 0 Å². The third-order valence-corrected chi connectivity index (χ3v) is 7.28. The van der Waals surface area contributed by atoms with E-state index in [2.05, 4.69) is 21.1 Å². The molecule has 7 nitrogen and oxygen atoms in total. The highest BCUT2D eigenvalue weighted by atomic mass is 32.2. The van der Waals surface area contributed by atoms with E-state index in [1.165, 1.54) is 11.1 Å². The predicted molar refractivity (Wildman–Crippen MR) is 108 cm³/mol. The van der Waals surface area contributed by atoms with Crippen LogP contribution in [0.2, 0.25) is 0 Å². The van der Waals surface area contributed by atoms with E-state index in [9.17, 15) is 9.00 Å². The molecular formula is C20H24N4O3S. The minimum Gasteiger partial charge on any atom is -0.481 e. The Balaban J connectivity index is 1.67. The van der Waals surface area contributed by atoms with Gasteiger partial charge in [-0.15, -0.1) is 0 Å². The van der Waals surface area contributed by atoms with Gasteiger partial charge in [-0.05, 0) is 53.1 Å². The van der Waals surface area contributed by atoms with Crippen LogP contribution in [-0.2, 0) is 34.0 Å². The molecule has 1 aromatic heterocycles. The Hall–Kier alpha value is -2.45. The summed E-state index contributed by atoms with van der Waals surface area (Å²) >= 11 is 0. The molecule has 1 unspecified atom stereocenters. The van der Waals surface area contributed by atoms with Gasteiger partial charge in [0, 0.05) is 25.4 Å². The maximum Gasteiger partial charge on any atom is 0.236 e. The second-order valence-corrected chi connectivity index (χ2v) is 9.32. The third kappa shape index (κ3) is 3.62. The standard InChI is InChI=1S/C20H24N4O3S/c1-27-20-9-14(7-8-23-20)17-6-5-13-3-2-4-16(13)18(17)10-19(25)24-28(21,26)15-11-22-12-15/h5-9,15,22H,2-4,10-12H2,1H3,(H2,21,24,25,26). The van der Waals surface area contributed by atoms with E-state index in [-0.39, 0.29) is 17.6 Å². The number of pyridine rings is 1. The van der Waals surface area contributed by atoms with Crippen LogP contribution >= 0.6 is 0 Å². The van der Waals surface area contributed by atoms with E-state index < -0.39 is 9.92 Å². The molecule has 1 atom stereocenters. The first-order valence-corrected chi connectivity index (χ1v) is 11.0. The molecule has 2 aromatic rings. The Bertz CT molecular complexity index is 1020. The molecule has 0 saturated carbocycles. The van der Waals surface area contributed by atoms with Gasteiger partial charge in [-0.1, -0.05) is 12.1 Å². The maximum atomic E-state index is 12.7. The molecule has 8 heteroatoms. The van der Waals surface area contributed by atoms with Crippen molar-refractivity contribution in [3.05, 3.63) is 47.2 Å². The molecule has 0 radical (unpaired) electrons. The molecule has 148 valence electrons. The third-order valence-electron chi connectivity index (χ3n) is 5.47. The van der Waals surface area contributed by atoms with Crippen LogP contribution in [0.15, 0.2) is 30.5 Å². The van der Waals surface area contributed by atoms with Gasteiger partial charge in [0.15, 0.2) is 0 Å². The Morgan fingerprint density at radius 2 is 2.18 bits per heavy atom. The van der Waals surface area contributed by atoms with Gasteiger partial charge in [0.1, 0.15) is 9.92 Å². The highest BCUT2D eigenvalue weighted by molar-refractivity contribution is 7.91. The van der Waals surface area contributed by atoms with E-state index in [0.717, 1.165) is 36.0 Å². The molecule has 1 amide bonds. The van der Waals surface area contributed by atoms with Gasteiger partial charge in [0.25, 0.3) is 0 Å². The molecule has 0 bridgehead atoms. The van der Waals surface area contributed by atoms with Crippen LogP contribution in [-0.4, -0.2) is 40.5 Å². The molecule has 1 fully saturated rings. The van der Waals surface area contributed by atoms with Crippen molar-refractivity contribution in [1.29, 1.82) is 4.78 Å². The van der Waals surface area contributed by atoms with Crippen LogP contribution in [0.1, 0.15) is 23.1 Å². The summed E-state index contributed by atoms with van der Waals surface area (Å²) in [4.78, 5) is 16.9. The second-order valence-electron chi connectivity index (χ2n) is 7.25. The number of fused-ring (bicyclic) bond motifs is 1. The highest BCUT2D eigenvalue weighted by Crippen LogP contribution is 2.34. The Morgan fingerprint density at radius 3 is 2.89 bits per heavy atom. The van der Waals surface area contributed by atoms with Crippen LogP contribution in [0.5, 0.6) is 5.88 Å². The first kappa shape index (κ1) is 18.9. The maximum absolute atomic E-state index is 12.7. The fraction of sp³-hybridized carbons (Fsp3) is 0.400. The molecule has 1 aliphatic heterocycles. The Morgan fingerprint density at radius 1 is 1.36 bits per heavy atom. The molecule has 1 saturated heterocycles. The van der Waals surface area contributed by atoms with Crippen LogP contribution < -0.4 is 14.8 Å². The van der Waals surface area contributed by atoms with Crippen LogP contribution in [0.25, 0.3) is 11.1 Å². The van der Waals surface area contributed by atoms with Crippen LogP contribution in [0, 0.1) is 4.78 Å². The average Bonchev–Trinajstić information content (AvgIpc) is 3.08. The van der Waals surface area contributed by atoms with Crippen molar-refractivity contribution in [1.82, 2.24) is 15.0 Å². The van der Waals surface area contributed by atoms with Crippen molar-refractivity contribution in [3.8, 4) is 17.0 Å². The molecule has 2 aliphatic rings. The first-order valence-electron chi connectivity index (χ1n) is 9.41. The molecule has 1 aromatic carbocycles. The van der Waals surface area contributed by atoms with Crippen molar-refractivity contribution in [2.75, 3.05) is 20.2 Å².